The van der Waals surface area contributed by atoms with Crippen molar-refractivity contribution in [2.45, 2.75) is 13.8 Å². The number of carbonyl (C=O) groups is 1. The van der Waals surface area contributed by atoms with Gasteiger partial charge in [-0.15, -0.1) is 0 Å². The highest BCUT2D eigenvalue weighted by Crippen LogP contribution is 2.15. The standard InChI is InChI=1S/C11H16N4O/c1-7-4-5-8(2)9(6-7)14-11(16)15-10(12)13-3/h4-6H,1-3H3,(H4,12,13,14,15,16). The molecule has 0 aliphatic carbocycles. The third-order valence-electron chi connectivity index (χ3n) is 2.12. The quantitative estimate of drug-likeness (QED) is 0.493. The lowest BCUT2D eigenvalue weighted by Gasteiger charge is -2.09. The third kappa shape index (κ3) is 3.27. The Balaban J connectivity index is 2.73. The van der Waals surface area contributed by atoms with Crippen LogP contribution in [0.15, 0.2) is 23.2 Å². The van der Waals surface area contributed by atoms with Crippen LogP contribution in [0.2, 0.25) is 0 Å². The van der Waals surface area contributed by atoms with Crippen LogP contribution in [0.3, 0.4) is 0 Å². The lowest BCUT2D eigenvalue weighted by Crippen LogP contribution is -2.39. The maximum absolute atomic E-state index is 11.5. The van der Waals surface area contributed by atoms with Crippen LogP contribution in [0.1, 0.15) is 11.1 Å². The number of nitrogens with zero attached hydrogens (tertiary/aromatic N) is 1. The highest BCUT2D eigenvalue weighted by molar-refractivity contribution is 6.02. The van der Waals surface area contributed by atoms with E-state index >= 15 is 0 Å². The molecule has 0 saturated carbocycles. The first-order valence-electron chi connectivity index (χ1n) is 4.90. The van der Waals surface area contributed by atoms with E-state index < -0.39 is 6.03 Å². The minimum Gasteiger partial charge on any atom is -0.370 e. The van der Waals surface area contributed by atoms with Crippen LogP contribution >= 0.6 is 0 Å². The summed E-state index contributed by atoms with van der Waals surface area (Å²) in [6.45, 7) is 3.89. The number of hydrogen-bond acceptors (Lipinski definition) is 2. The number of benzene rings is 1. The van der Waals surface area contributed by atoms with Gasteiger partial charge in [0, 0.05) is 12.7 Å². The number of rotatable bonds is 1. The Morgan fingerprint density at radius 2 is 2.06 bits per heavy atom. The highest BCUT2D eigenvalue weighted by Gasteiger charge is 2.05. The van der Waals surface area contributed by atoms with Crippen LogP contribution in [0.5, 0.6) is 0 Å². The van der Waals surface area contributed by atoms with Gasteiger partial charge in [-0.25, -0.2) is 4.79 Å². The molecule has 0 spiro atoms. The van der Waals surface area contributed by atoms with E-state index in [1.807, 2.05) is 32.0 Å². The third-order valence-corrected chi connectivity index (χ3v) is 2.12. The van der Waals surface area contributed by atoms with Crippen molar-refractivity contribution in [2.24, 2.45) is 10.7 Å². The Morgan fingerprint density at radius 1 is 1.38 bits per heavy atom. The van der Waals surface area contributed by atoms with E-state index in [4.69, 9.17) is 5.73 Å². The van der Waals surface area contributed by atoms with Gasteiger partial charge in [0.2, 0.25) is 0 Å². The van der Waals surface area contributed by atoms with Crippen molar-refractivity contribution < 1.29 is 4.79 Å². The molecule has 0 aliphatic rings. The zero-order valence-corrected chi connectivity index (χ0v) is 9.66. The summed E-state index contributed by atoms with van der Waals surface area (Å²) in [4.78, 5) is 15.1. The molecule has 0 bridgehead atoms. The number of hydrogen-bond donors (Lipinski definition) is 3. The summed E-state index contributed by atoms with van der Waals surface area (Å²) in [6.07, 6.45) is 0. The molecule has 1 aromatic carbocycles. The number of anilines is 1. The van der Waals surface area contributed by atoms with Crippen molar-refractivity contribution >= 4 is 17.7 Å². The molecule has 0 atom stereocenters. The number of aliphatic imine (C=N–C) groups is 1. The fourth-order valence-electron chi connectivity index (χ4n) is 1.20. The van der Waals surface area contributed by atoms with Gasteiger partial charge < -0.3 is 11.1 Å². The maximum atomic E-state index is 11.5. The number of carbonyl (C=O) groups excluding carboxylic acids is 1. The Hall–Kier alpha value is -2.04. The Labute approximate surface area is 94.8 Å². The van der Waals surface area contributed by atoms with Gasteiger partial charge in [-0.1, -0.05) is 12.1 Å². The summed E-state index contributed by atoms with van der Waals surface area (Å²) in [5, 5.41) is 5.11. The average Bonchev–Trinajstić information content (AvgIpc) is 2.23. The van der Waals surface area contributed by atoms with E-state index in [0.29, 0.717) is 0 Å². The van der Waals surface area contributed by atoms with Crippen LogP contribution < -0.4 is 16.4 Å². The number of amides is 2. The number of nitrogens with two attached hydrogens (primary N) is 1. The molecular weight excluding hydrogens is 204 g/mol. The molecule has 0 saturated heterocycles. The van der Waals surface area contributed by atoms with Crippen molar-refractivity contribution in [3.8, 4) is 0 Å². The molecule has 0 unspecified atom stereocenters. The first kappa shape index (κ1) is 12.0. The smallest absolute Gasteiger partial charge is 0.325 e. The second kappa shape index (κ2) is 5.16. The fraction of sp³-hybridized carbons (Fsp3) is 0.273. The molecule has 0 fully saturated rings. The first-order chi connectivity index (χ1) is 7.52. The van der Waals surface area contributed by atoms with Gasteiger partial charge in [-0.2, -0.15) is 0 Å². The van der Waals surface area contributed by atoms with Crippen LogP contribution in [0, 0.1) is 13.8 Å². The molecule has 86 valence electrons. The lowest BCUT2D eigenvalue weighted by atomic mass is 10.1. The molecule has 0 radical (unpaired) electrons. The van der Waals surface area contributed by atoms with Gasteiger partial charge >= 0.3 is 6.03 Å². The van der Waals surface area contributed by atoms with Crippen LogP contribution in [0.4, 0.5) is 10.5 Å². The first-order valence-corrected chi connectivity index (χ1v) is 4.90. The van der Waals surface area contributed by atoms with Crippen molar-refractivity contribution in [3.05, 3.63) is 29.3 Å². The van der Waals surface area contributed by atoms with Crippen LogP contribution in [0.25, 0.3) is 0 Å². The van der Waals surface area contributed by atoms with E-state index in [9.17, 15) is 4.79 Å². The molecule has 0 aliphatic heterocycles. The van der Waals surface area contributed by atoms with Crippen LogP contribution in [-0.2, 0) is 0 Å². The number of aryl methyl sites for hydroxylation is 2. The van der Waals surface area contributed by atoms with E-state index in [0.717, 1.165) is 16.8 Å². The van der Waals surface area contributed by atoms with E-state index in [2.05, 4.69) is 15.6 Å². The molecule has 5 nitrogen and oxygen atoms in total. The van der Waals surface area contributed by atoms with Crippen LogP contribution in [-0.4, -0.2) is 19.0 Å². The number of urea groups is 1. The topological polar surface area (TPSA) is 79.5 Å². The summed E-state index contributed by atoms with van der Waals surface area (Å²) in [5.41, 5.74) is 8.21. The van der Waals surface area contributed by atoms with E-state index in [1.165, 1.54) is 7.05 Å². The molecular formula is C11H16N4O. The van der Waals surface area contributed by atoms with E-state index in [1.54, 1.807) is 0 Å². The number of guanidine groups is 1. The molecule has 2 amide bonds. The van der Waals surface area contributed by atoms with Gasteiger partial charge in [0.25, 0.3) is 0 Å². The van der Waals surface area contributed by atoms with E-state index in [-0.39, 0.29) is 5.96 Å². The lowest BCUT2D eigenvalue weighted by molar-refractivity contribution is 0.256. The molecule has 1 aromatic rings. The minimum absolute atomic E-state index is 0.0859. The van der Waals surface area contributed by atoms with Crippen molar-refractivity contribution in [2.75, 3.05) is 12.4 Å². The van der Waals surface area contributed by atoms with Crippen molar-refractivity contribution in [1.29, 1.82) is 0 Å². The largest absolute Gasteiger partial charge is 0.370 e. The molecule has 0 aromatic heterocycles. The summed E-state index contributed by atoms with van der Waals surface area (Å²) < 4.78 is 0. The van der Waals surface area contributed by atoms with Crippen molar-refractivity contribution in [3.63, 3.8) is 0 Å². The SMILES string of the molecule is CN=C(N)NC(=O)Nc1cc(C)ccc1C. The van der Waals surface area contributed by atoms with Gasteiger partial charge in [-0.3, -0.25) is 10.3 Å². The zero-order chi connectivity index (χ0) is 12.1. The number of nitrogens with one attached hydrogen (secondary N) is 2. The molecule has 4 N–H and O–H groups in total. The monoisotopic (exact) mass is 220 g/mol. The summed E-state index contributed by atoms with van der Waals surface area (Å²) >= 11 is 0. The normalized spacial score (nSPS) is 11.1. The van der Waals surface area contributed by atoms with Gasteiger partial charge in [-0.05, 0) is 31.0 Å². The Morgan fingerprint density at radius 3 is 2.69 bits per heavy atom. The molecule has 1 rings (SSSR count). The molecule has 0 heterocycles. The maximum Gasteiger partial charge on any atom is 0.325 e. The summed E-state index contributed by atoms with van der Waals surface area (Å²) in [7, 11) is 1.51. The second-order valence-electron chi connectivity index (χ2n) is 3.51. The van der Waals surface area contributed by atoms with Gasteiger partial charge in [0.05, 0.1) is 0 Å². The predicted molar refractivity (Wildman–Crippen MR) is 65.6 cm³/mol. The minimum atomic E-state index is -0.392. The average molecular weight is 220 g/mol. The zero-order valence-electron chi connectivity index (χ0n) is 9.66. The second-order valence-corrected chi connectivity index (χ2v) is 3.51. The molecule has 5 heteroatoms. The van der Waals surface area contributed by atoms with Gasteiger partial charge in [0.15, 0.2) is 5.96 Å². The van der Waals surface area contributed by atoms with Gasteiger partial charge in [0.1, 0.15) is 0 Å². The summed E-state index contributed by atoms with van der Waals surface area (Å²) in [5.74, 6) is 0.0859. The fourth-order valence-corrected chi connectivity index (χ4v) is 1.20. The molecule has 16 heavy (non-hydrogen) atoms. The Kier molecular flexibility index (Phi) is 3.88. The predicted octanol–water partition coefficient (Wildman–Crippen LogP) is 1.37. The summed E-state index contributed by atoms with van der Waals surface area (Å²) in [6, 6.07) is 5.44. The Bertz CT molecular complexity index is 426. The van der Waals surface area contributed by atoms with Crippen molar-refractivity contribution in [1.82, 2.24) is 5.32 Å². The highest BCUT2D eigenvalue weighted by atomic mass is 16.2.